The zero-order valence-electron chi connectivity index (χ0n) is 10.6. The molecule has 0 aliphatic rings. The van der Waals surface area contributed by atoms with Crippen molar-refractivity contribution in [2.75, 3.05) is 5.32 Å². The number of nitro groups is 1. The van der Waals surface area contributed by atoms with Crippen molar-refractivity contribution in [1.82, 2.24) is 5.16 Å². The van der Waals surface area contributed by atoms with Gasteiger partial charge in [0.2, 0.25) is 5.91 Å². The van der Waals surface area contributed by atoms with Gasteiger partial charge in [0.05, 0.1) is 4.92 Å². The predicted octanol–water partition coefficient (Wildman–Crippen LogP) is 2.54. The molecule has 0 spiro atoms. The van der Waals surface area contributed by atoms with Crippen molar-refractivity contribution in [2.24, 2.45) is 0 Å². The van der Waals surface area contributed by atoms with E-state index in [0.29, 0.717) is 17.1 Å². The van der Waals surface area contributed by atoms with Gasteiger partial charge in [-0.05, 0) is 30.7 Å². The minimum atomic E-state index is -0.479. The molecule has 2 aromatic rings. The van der Waals surface area contributed by atoms with Gasteiger partial charge in [-0.1, -0.05) is 5.16 Å². The number of amides is 1. The Labute approximate surface area is 114 Å². The predicted molar refractivity (Wildman–Crippen MR) is 72.0 cm³/mol. The molecule has 0 aliphatic heterocycles. The maximum absolute atomic E-state index is 11.6. The molecule has 0 atom stereocenters. The number of nitrogens with one attached hydrogen (secondary N) is 1. The number of non-ortho nitro benzene ring substituents is 1. The highest BCUT2D eigenvalue weighted by Crippen LogP contribution is 2.13. The molecule has 1 aromatic heterocycles. The number of carbonyl (C=O) groups is 1. The van der Waals surface area contributed by atoms with E-state index in [1.807, 2.05) is 0 Å². The molecule has 0 fully saturated rings. The standard InChI is InChI=1S/C13H11N3O4/c1-9-8-12(15-20-9)14-13(17)7-4-10-2-5-11(6-3-10)16(18)19/h2-8H,1H3,(H,14,15,17)/b7-4+. The van der Waals surface area contributed by atoms with Crippen LogP contribution in [0.1, 0.15) is 11.3 Å². The second-order valence-electron chi connectivity index (χ2n) is 3.99. The van der Waals surface area contributed by atoms with Gasteiger partial charge in [0.1, 0.15) is 5.76 Å². The maximum atomic E-state index is 11.6. The first-order chi connectivity index (χ1) is 9.54. The van der Waals surface area contributed by atoms with Crippen LogP contribution in [0.15, 0.2) is 40.9 Å². The van der Waals surface area contributed by atoms with Crippen LogP contribution in [0.2, 0.25) is 0 Å². The molecule has 0 saturated heterocycles. The quantitative estimate of drug-likeness (QED) is 0.524. The Morgan fingerprint density at radius 1 is 1.40 bits per heavy atom. The lowest BCUT2D eigenvalue weighted by atomic mass is 10.2. The number of rotatable bonds is 4. The summed E-state index contributed by atoms with van der Waals surface area (Å²) in [6.07, 6.45) is 2.86. The number of aromatic nitrogens is 1. The average Bonchev–Trinajstić information content (AvgIpc) is 2.82. The van der Waals surface area contributed by atoms with Gasteiger partial charge in [0.25, 0.3) is 5.69 Å². The van der Waals surface area contributed by atoms with Crippen LogP contribution in [0, 0.1) is 17.0 Å². The van der Waals surface area contributed by atoms with E-state index < -0.39 is 4.92 Å². The van der Waals surface area contributed by atoms with E-state index in [2.05, 4.69) is 10.5 Å². The van der Waals surface area contributed by atoms with Gasteiger partial charge in [0.15, 0.2) is 5.82 Å². The van der Waals surface area contributed by atoms with Crippen LogP contribution in [0.4, 0.5) is 11.5 Å². The molecule has 0 radical (unpaired) electrons. The fourth-order valence-corrected chi connectivity index (χ4v) is 1.47. The summed E-state index contributed by atoms with van der Waals surface area (Å²) in [5.41, 5.74) is 0.687. The van der Waals surface area contributed by atoms with Crippen LogP contribution in [-0.2, 0) is 4.79 Å². The van der Waals surface area contributed by atoms with Crippen LogP contribution >= 0.6 is 0 Å². The van der Waals surface area contributed by atoms with E-state index >= 15 is 0 Å². The molecule has 7 nitrogen and oxygen atoms in total. The molecule has 1 heterocycles. The number of hydrogen-bond donors (Lipinski definition) is 1. The van der Waals surface area contributed by atoms with Gasteiger partial charge >= 0.3 is 0 Å². The summed E-state index contributed by atoms with van der Waals surface area (Å²) in [6, 6.07) is 7.46. The highest BCUT2D eigenvalue weighted by atomic mass is 16.6. The molecule has 1 aromatic carbocycles. The van der Waals surface area contributed by atoms with Gasteiger partial charge in [0, 0.05) is 24.3 Å². The lowest BCUT2D eigenvalue weighted by molar-refractivity contribution is -0.384. The van der Waals surface area contributed by atoms with E-state index in [-0.39, 0.29) is 11.6 Å². The molecule has 1 N–H and O–H groups in total. The normalized spacial score (nSPS) is 10.7. The van der Waals surface area contributed by atoms with Crippen molar-refractivity contribution in [3.05, 3.63) is 57.8 Å². The van der Waals surface area contributed by atoms with Gasteiger partial charge in [-0.3, -0.25) is 14.9 Å². The second kappa shape index (κ2) is 5.79. The molecule has 1 amide bonds. The van der Waals surface area contributed by atoms with E-state index in [9.17, 15) is 14.9 Å². The minimum Gasteiger partial charge on any atom is -0.360 e. The van der Waals surface area contributed by atoms with Gasteiger partial charge in [-0.25, -0.2) is 0 Å². The third-order valence-electron chi connectivity index (χ3n) is 2.41. The van der Waals surface area contributed by atoms with Crippen LogP contribution < -0.4 is 5.32 Å². The highest BCUT2D eigenvalue weighted by molar-refractivity contribution is 6.01. The summed E-state index contributed by atoms with van der Waals surface area (Å²) in [4.78, 5) is 21.6. The second-order valence-corrected chi connectivity index (χ2v) is 3.99. The molecular formula is C13H11N3O4. The Kier molecular flexibility index (Phi) is 3.90. The summed E-state index contributed by atoms with van der Waals surface area (Å²) in [5.74, 6) is 0.567. The number of nitrogens with zero attached hydrogens (tertiary/aromatic N) is 2. The molecule has 2 rings (SSSR count). The summed E-state index contributed by atoms with van der Waals surface area (Å²) in [7, 11) is 0. The third-order valence-corrected chi connectivity index (χ3v) is 2.41. The van der Waals surface area contributed by atoms with Crippen LogP contribution in [-0.4, -0.2) is 16.0 Å². The number of carbonyl (C=O) groups excluding carboxylic acids is 1. The molecular weight excluding hydrogens is 262 g/mol. The Morgan fingerprint density at radius 2 is 2.10 bits per heavy atom. The van der Waals surface area contributed by atoms with Crippen molar-refractivity contribution >= 4 is 23.5 Å². The van der Waals surface area contributed by atoms with E-state index in [0.717, 1.165) is 0 Å². The maximum Gasteiger partial charge on any atom is 0.269 e. The lowest BCUT2D eigenvalue weighted by Gasteiger charge is -1.95. The Bertz CT molecular complexity index is 659. The van der Waals surface area contributed by atoms with Gasteiger partial charge < -0.3 is 9.84 Å². The van der Waals surface area contributed by atoms with Gasteiger partial charge in [-0.2, -0.15) is 0 Å². The molecule has 0 bridgehead atoms. The number of hydrogen-bond acceptors (Lipinski definition) is 5. The zero-order chi connectivity index (χ0) is 14.5. The van der Waals surface area contributed by atoms with Crippen LogP contribution in [0.5, 0.6) is 0 Å². The molecule has 102 valence electrons. The Morgan fingerprint density at radius 3 is 2.65 bits per heavy atom. The zero-order valence-corrected chi connectivity index (χ0v) is 10.6. The first-order valence-electron chi connectivity index (χ1n) is 5.71. The molecule has 7 heteroatoms. The summed E-state index contributed by atoms with van der Waals surface area (Å²) >= 11 is 0. The van der Waals surface area contributed by atoms with Crippen molar-refractivity contribution in [3.63, 3.8) is 0 Å². The Balaban J connectivity index is 1.98. The van der Waals surface area contributed by atoms with E-state index in [1.165, 1.54) is 18.2 Å². The largest absolute Gasteiger partial charge is 0.360 e. The van der Waals surface area contributed by atoms with Gasteiger partial charge in [-0.15, -0.1) is 0 Å². The number of aryl methyl sites for hydroxylation is 1. The van der Waals surface area contributed by atoms with Crippen LogP contribution in [0.3, 0.4) is 0 Å². The fourth-order valence-electron chi connectivity index (χ4n) is 1.47. The van der Waals surface area contributed by atoms with Crippen molar-refractivity contribution in [1.29, 1.82) is 0 Å². The molecule has 0 saturated carbocycles. The SMILES string of the molecule is Cc1cc(NC(=O)/C=C/c2ccc([N+](=O)[O-])cc2)no1. The van der Waals surface area contributed by atoms with Crippen LogP contribution in [0.25, 0.3) is 6.08 Å². The van der Waals surface area contributed by atoms with E-state index in [1.54, 1.807) is 31.2 Å². The number of benzene rings is 1. The molecule has 20 heavy (non-hydrogen) atoms. The first kappa shape index (κ1) is 13.5. The Hall–Kier alpha value is -2.96. The van der Waals surface area contributed by atoms with E-state index in [4.69, 9.17) is 4.52 Å². The fraction of sp³-hybridized carbons (Fsp3) is 0.0769. The summed E-state index contributed by atoms with van der Waals surface area (Å²) < 4.78 is 4.81. The minimum absolute atomic E-state index is 0.00433. The smallest absolute Gasteiger partial charge is 0.269 e. The summed E-state index contributed by atoms with van der Waals surface area (Å²) in [6.45, 7) is 1.72. The monoisotopic (exact) mass is 273 g/mol. The third kappa shape index (κ3) is 3.52. The van der Waals surface area contributed by atoms with Crippen molar-refractivity contribution in [3.8, 4) is 0 Å². The average molecular weight is 273 g/mol. The number of anilines is 1. The topological polar surface area (TPSA) is 98.3 Å². The molecule has 0 aliphatic carbocycles. The number of nitro benzene ring substituents is 1. The summed E-state index contributed by atoms with van der Waals surface area (Å²) in [5, 5.41) is 16.6. The van der Waals surface area contributed by atoms with Crippen molar-refractivity contribution < 1.29 is 14.2 Å². The highest BCUT2D eigenvalue weighted by Gasteiger charge is 2.04. The first-order valence-corrected chi connectivity index (χ1v) is 5.71. The lowest BCUT2D eigenvalue weighted by Crippen LogP contribution is -2.07. The van der Waals surface area contributed by atoms with Crippen molar-refractivity contribution in [2.45, 2.75) is 6.92 Å². The molecule has 0 unspecified atom stereocenters.